The molecule has 1 aromatic heterocycles. The lowest BCUT2D eigenvalue weighted by Gasteiger charge is -2.16. The highest BCUT2D eigenvalue weighted by molar-refractivity contribution is 9.09. The van der Waals surface area contributed by atoms with Crippen LogP contribution in [-0.2, 0) is 0 Å². The molecule has 4 heteroatoms. The fourth-order valence-electron chi connectivity index (χ4n) is 1.64. The second-order valence-corrected chi connectivity index (χ2v) is 3.97. The molecule has 1 atom stereocenters. The van der Waals surface area contributed by atoms with E-state index in [2.05, 4.69) is 30.8 Å². The van der Waals surface area contributed by atoms with E-state index in [9.17, 15) is 0 Å². The van der Waals surface area contributed by atoms with E-state index in [0.717, 1.165) is 30.2 Å². The minimum Gasteiger partial charge on any atom is -0.356 e. The van der Waals surface area contributed by atoms with Crippen LogP contribution in [0.2, 0.25) is 0 Å². The Hall–Kier alpha value is -0.640. The zero-order valence-corrected chi connectivity index (χ0v) is 8.94. The van der Waals surface area contributed by atoms with E-state index in [-0.39, 0.29) is 0 Å². The van der Waals surface area contributed by atoms with Gasteiger partial charge in [-0.05, 0) is 18.4 Å². The van der Waals surface area contributed by atoms with Crippen LogP contribution in [0.25, 0.3) is 0 Å². The van der Waals surface area contributed by atoms with Crippen molar-refractivity contribution < 1.29 is 0 Å². The molecule has 0 radical (unpaired) electrons. The highest BCUT2D eigenvalue weighted by Crippen LogP contribution is 2.22. The summed E-state index contributed by atoms with van der Waals surface area (Å²) in [6.45, 7) is 2.23. The summed E-state index contributed by atoms with van der Waals surface area (Å²) in [5.74, 6) is 1.83. The van der Waals surface area contributed by atoms with E-state index in [1.807, 2.05) is 6.07 Å². The van der Waals surface area contributed by atoms with Gasteiger partial charge in [0.1, 0.15) is 12.1 Å². The van der Waals surface area contributed by atoms with Crippen LogP contribution in [0.1, 0.15) is 6.42 Å². The van der Waals surface area contributed by atoms with Crippen LogP contribution in [0.5, 0.6) is 0 Å². The molecule has 70 valence electrons. The molecule has 0 spiro atoms. The number of rotatable bonds is 2. The van der Waals surface area contributed by atoms with Crippen molar-refractivity contribution in [2.45, 2.75) is 6.42 Å². The van der Waals surface area contributed by atoms with Crippen molar-refractivity contribution >= 4 is 21.7 Å². The van der Waals surface area contributed by atoms with Crippen molar-refractivity contribution in [2.75, 3.05) is 23.3 Å². The van der Waals surface area contributed by atoms with Gasteiger partial charge in [0.25, 0.3) is 0 Å². The van der Waals surface area contributed by atoms with Gasteiger partial charge in [-0.15, -0.1) is 0 Å². The second kappa shape index (κ2) is 4.05. The number of hydrogen-bond donors (Lipinski definition) is 0. The summed E-state index contributed by atoms with van der Waals surface area (Å²) < 4.78 is 0. The molecule has 0 aromatic carbocycles. The molecule has 0 amide bonds. The van der Waals surface area contributed by atoms with Gasteiger partial charge in [-0.1, -0.05) is 15.9 Å². The van der Waals surface area contributed by atoms with Crippen LogP contribution in [0, 0.1) is 5.92 Å². The second-order valence-electron chi connectivity index (χ2n) is 3.32. The van der Waals surface area contributed by atoms with Crippen LogP contribution < -0.4 is 4.90 Å². The first kappa shape index (κ1) is 8.94. The molecule has 1 aromatic rings. The molecule has 1 fully saturated rings. The normalized spacial score (nSPS) is 22.2. The maximum absolute atomic E-state index is 4.23. The highest BCUT2D eigenvalue weighted by Gasteiger charge is 2.21. The summed E-state index contributed by atoms with van der Waals surface area (Å²) in [5.41, 5.74) is 0. The number of aromatic nitrogens is 2. The number of nitrogens with zero attached hydrogens (tertiary/aromatic N) is 3. The molecule has 0 N–H and O–H groups in total. The van der Waals surface area contributed by atoms with Gasteiger partial charge in [0, 0.05) is 24.6 Å². The quantitative estimate of drug-likeness (QED) is 0.739. The molecule has 1 aliphatic heterocycles. The summed E-state index contributed by atoms with van der Waals surface area (Å²) in [6, 6.07) is 1.97. The van der Waals surface area contributed by atoms with Crippen LogP contribution in [-0.4, -0.2) is 28.4 Å². The first-order valence-corrected chi connectivity index (χ1v) is 5.59. The van der Waals surface area contributed by atoms with E-state index >= 15 is 0 Å². The lowest BCUT2D eigenvalue weighted by atomic mass is 10.2. The van der Waals surface area contributed by atoms with Crippen molar-refractivity contribution in [3.8, 4) is 0 Å². The summed E-state index contributed by atoms with van der Waals surface area (Å²) in [7, 11) is 0. The Morgan fingerprint density at radius 1 is 1.62 bits per heavy atom. The highest BCUT2D eigenvalue weighted by atomic mass is 79.9. The summed E-state index contributed by atoms with van der Waals surface area (Å²) in [4.78, 5) is 10.5. The number of hydrogen-bond acceptors (Lipinski definition) is 3. The number of halogens is 1. The molecule has 1 unspecified atom stereocenters. The largest absolute Gasteiger partial charge is 0.356 e. The average molecular weight is 242 g/mol. The summed E-state index contributed by atoms with van der Waals surface area (Å²) >= 11 is 3.52. The van der Waals surface area contributed by atoms with Gasteiger partial charge >= 0.3 is 0 Å². The molecule has 1 saturated heterocycles. The molecule has 0 aliphatic carbocycles. The first-order valence-electron chi connectivity index (χ1n) is 4.47. The Morgan fingerprint density at radius 3 is 3.15 bits per heavy atom. The smallest absolute Gasteiger partial charge is 0.131 e. The molecule has 3 nitrogen and oxygen atoms in total. The maximum Gasteiger partial charge on any atom is 0.131 e. The van der Waals surface area contributed by atoms with Gasteiger partial charge in [-0.2, -0.15) is 0 Å². The van der Waals surface area contributed by atoms with Gasteiger partial charge in [0.2, 0.25) is 0 Å². The Kier molecular flexibility index (Phi) is 2.78. The van der Waals surface area contributed by atoms with Crippen molar-refractivity contribution in [1.29, 1.82) is 0 Å². The predicted octanol–water partition coefficient (Wildman–Crippen LogP) is 1.70. The molecule has 13 heavy (non-hydrogen) atoms. The van der Waals surface area contributed by atoms with Gasteiger partial charge in [0.15, 0.2) is 0 Å². The topological polar surface area (TPSA) is 29.0 Å². The summed E-state index contributed by atoms with van der Waals surface area (Å²) in [6.07, 6.45) is 4.66. The van der Waals surface area contributed by atoms with Crippen molar-refractivity contribution in [3.05, 3.63) is 18.6 Å². The lowest BCUT2D eigenvalue weighted by molar-refractivity contribution is 0.675. The number of alkyl halides is 1. The minimum atomic E-state index is 0.773. The fraction of sp³-hybridized carbons (Fsp3) is 0.556. The van der Waals surface area contributed by atoms with Crippen LogP contribution in [0.4, 0.5) is 5.82 Å². The zero-order chi connectivity index (χ0) is 9.10. The molecule has 1 aliphatic rings. The molecular weight excluding hydrogens is 230 g/mol. The maximum atomic E-state index is 4.23. The van der Waals surface area contributed by atoms with E-state index < -0.39 is 0 Å². The third kappa shape index (κ3) is 1.99. The first-order chi connectivity index (χ1) is 6.40. The standard InChI is InChI=1S/C9H12BrN3/c10-5-8-2-4-13(6-8)9-1-3-11-7-12-9/h1,3,7-8H,2,4-6H2. The van der Waals surface area contributed by atoms with Gasteiger partial charge in [0.05, 0.1) is 0 Å². The predicted molar refractivity (Wildman–Crippen MR) is 56.1 cm³/mol. The van der Waals surface area contributed by atoms with Crippen LogP contribution in [0.3, 0.4) is 0 Å². The third-order valence-electron chi connectivity index (χ3n) is 2.39. The summed E-state index contributed by atoms with van der Waals surface area (Å²) in [5, 5.41) is 1.09. The zero-order valence-electron chi connectivity index (χ0n) is 7.36. The third-order valence-corrected chi connectivity index (χ3v) is 3.31. The van der Waals surface area contributed by atoms with E-state index in [1.54, 1.807) is 12.5 Å². The Morgan fingerprint density at radius 2 is 2.54 bits per heavy atom. The SMILES string of the molecule is BrCC1CCN(c2ccncn2)C1. The van der Waals surface area contributed by atoms with Crippen LogP contribution in [0.15, 0.2) is 18.6 Å². The van der Waals surface area contributed by atoms with E-state index in [1.165, 1.54) is 6.42 Å². The molecule has 2 heterocycles. The van der Waals surface area contributed by atoms with Crippen molar-refractivity contribution in [1.82, 2.24) is 9.97 Å². The monoisotopic (exact) mass is 241 g/mol. The minimum absolute atomic E-state index is 0.773. The lowest BCUT2D eigenvalue weighted by Crippen LogP contribution is -2.20. The van der Waals surface area contributed by atoms with Crippen molar-refractivity contribution in [3.63, 3.8) is 0 Å². The Bertz CT molecular complexity index is 265. The van der Waals surface area contributed by atoms with Gasteiger partial charge in [-0.3, -0.25) is 0 Å². The van der Waals surface area contributed by atoms with Gasteiger partial charge in [-0.25, -0.2) is 9.97 Å². The molecule has 2 rings (SSSR count). The van der Waals surface area contributed by atoms with Crippen LogP contribution >= 0.6 is 15.9 Å². The van der Waals surface area contributed by atoms with Gasteiger partial charge < -0.3 is 4.90 Å². The van der Waals surface area contributed by atoms with Crippen molar-refractivity contribution in [2.24, 2.45) is 5.92 Å². The van der Waals surface area contributed by atoms with E-state index in [4.69, 9.17) is 0 Å². The molecular formula is C9H12BrN3. The fourth-order valence-corrected chi connectivity index (χ4v) is 2.17. The molecule has 0 saturated carbocycles. The number of anilines is 1. The molecule has 0 bridgehead atoms. The van der Waals surface area contributed by atoms with E-state index in [0.29, 0.717) is 0 Å². The Balaban J connectivity index is 2.04. The average Bonchev–Trinajstić information content (AvgIpc) is 2.67. The Labute approximate surface area is 86.3 Å².